The molecule has 2 aromatic rings. The molecule has 1 heterocycles. The molecule has 1 aliphatic carbocycles. The minimum Gasteiger partial charge on any atom is -0.334 e. The molecule has 0 saturated heterocycles. The zero-order valence-corrected chi connectivity index (χ0v) is 16.0. The van der Waals surface area contributed by atoms with Crippen LogP contribution in [0, 0.1) is 0 Å². The smallest absolute Gasteiger partial charge is 0.319 e. The van der Waals surface area contributed by atoms with E-state index in [1.54, 1.807) is 18.2 Å². The van der Waals surface area contributed by atoms with Crippen LogP contribution in [-0.4, -0.2) is 21.7 Å². The number of hydrogen-bond acceptors (Lipinski definition) is 5. The Morgan fingerprint density at radius 1 is 1.31 bits per heavy atom. The number of hydrogen-bond donors (Lipinski definition) is 3. The quantitative estimate of drug-likeness (QED) is 0.748. The average molecular weight is 378 g/mol. The van der Waals surface area contributed by atoms with Crippen molar-refractivity contribution in [2.24, 2.45) is 5.73 Å². The van der Waals surface area contributed by atoms with Crippen LogP contribution in [0.2, 0.25) is 5.02 Å². The van der Waals surface area contributed by atoms with Gasteiger partial charge in [0.1, 0.15) is 0 Å². The largest absolute Gasteiger partial charge is 0.334 e. The van der Waals surface area contributed by atoms with E-state index in [2.05, 4.69) is 20.8 Å². The third-order valence-corrected chi connectivity index (χ3v) is 4.64. The highest BCUT2D eigenvalue weighted by atomic mass is 35.5. The number of nitrogens with two attached hydrogens (primary N) is 1. The molecule has 3 rings (SSSR count). The van der Waals surface area contributed by atoms with Gasteiger partial charge in [0.25, 0.3) is 5.89 Å². The number of halogens is 1. The van der Waals surface area contributed by atoms with E-state index in [9.17, 15) is 4.79 Å². The third kappa shape index (κ3) is 4.16. The summed E-state index contributed by atoms with van der Waals surface area (Å²) in [6.07, 6.45) is 3.80. The second kappa shape index (κ2) is 6.89. The fourth-order valence-corrected chi connectivity index (χ4v) is 3.23. The molecule has 1 aromatic carbocycles. The summed E-state index contributed by atoms with van der Waals surface area (Å²) in [7, 11) is 0. The highest BCUT2D eigenvalue weighted by molar-refractivity contribution is 6.33. The number of carbonyl (C=O) groups is 1. The predicted molar refractivity (Wildman–Crippen MR) is 101 cm³/mol. The number of aromatic nitrogens is 2. The topological polar surface area (TPSA) is 106 Å². The minimum atomic E-state index is -0.531. The Morgan fingerprint density at radius 2 is 2.00 bits per heavy atom. The van der Waals surface area contributed by atoms with Crippen LogP contribution in [-0.2, 0) is 5.54 Å². The van der Waals surface area contributed by atoms with Gasteiger partial charge < -0.3 is 20.9 Å². The number of urea groups is 1. The third-order valence-electron chi connectivity index (χ3n) is 4.31. The molecule has 8 heteroatoms. The molecule has 140 valence electrons. The Hall–Kier alpha value is -2.12. The zero-order valence-electron chi connectivity index (χ0n) is 15.2. The molecule has 7 nitrogen and oxygen atoms in total. The summed E-state index contributed by atoms with van der Waals surface area (Å²) in [5.41, 5.74) is 6.65. The van der Waals surface area contributed by atoms with Gasteiger partial charge in [-0.2, -0.15) is 4.98 Å². The zero-order chi connectivity index (χ0) is 18.9. The molecular formula is C18H24ClN5O2. The molecule has 4 N–H and O–H groups in total. The first-order valence-corrected chi connectivity index (χ1v) is 9.06. The Balaban J connectivity index is 1.82. The molecule has 2 amide bonds. The van der Waals surface area contributed by atoms with E-state index in [4.69, 9.17) is 21.9 Å². The van der Waals surface area contributed by atoms with Crippen molar-refractivity contribution >= 4 is 23.3 Å². The van der Waals surface area contributed by atoms with Crippen molar-refractivity contribution in [3.63, 3.8) is 0 Å². The number of benzene rings is 1. The van der Waals surface area contributed by atoms with Gasteiger partial charge in [-0.3, -0.25) is 0 Å². The highest BCUT2D eigenvalue weighted by Gasteiger charge is 2.36. The maximum atomic E-state index is 12.1. The number of nitrogens with one attached hydrogen (secondary N) is 2. The summed E-state index contributed by atoms with van der Waals surface area (Å²) in [4.78, 5) is 16.5. The van der Waals surface area contributed by atoms with Gasteiger partial charge in [-0.05, 0) is 51.8 Å². The van der Waals surface area contributed by atoms with E-state index in [1.807, 2.05) is 20.8 Å². The van der Waals surface area contributed by atoms with Crippen LogP contribution in [0.5, 0.6) is 0 Å². The maximum Gasteiger partial charge on any atom is 0.319 e. The van der Waals surface area contributed by atoms with Crippen LogP contribution >= 0.6 is 11.6 Å². The van der Waals surface area contributed by atoms with E-state index < -0.39 is 5.54 Å². The van der Waals surface area contributed by atoms with E-state index >= 15 is 0 Å². The summed E-state index contributed by atoms with van der Waals surface area (Å²) in [6.45, 7) is 5.72. The van der Waals surface area contributed by atoms with Crippen molar-refractivity contribution in [3.8, 4) is 11.5 Å². The lowest BCUT2D eigenvalue weighted by atomic mass is 9.99. The Labute approximate surface area is 157 Å². The molecule has 1 aliphatic rings. The molecule has 0 aliphatic heterocycles. The molecule has 0 unspecified atom stereocenters. The van der Waals surface area contributed by atoms with E-state index in [0.717, 1.165) is 25.7 Å². The first-order chi connectivity index (χ1) is 12.2. The summed E-state index contributed by atoms with van der Waals surface area (Å²) in [5.74, 6) is 0.798. The molecule has 0 atom stereocenters. The predicted octanol–water partition coefficient (Wildman–Crippen LogP) is 4.04. The highest BCUT2D eigenvalue weighted by Crippen LogP contribution is 2.36. The lowest BCUT2D eigenvalue weighted by molar-refractivity contribution is 0.244. The Bertz CT molecular complexity index is 806. The van der Waals surface area contributed by atoms with Crippen molar-refractivity contribution in [2.75, 3.05) is 5.32 Å². The molecule has 1 aromatic heterocycles. The number of nitrogens with zero attached hydrogens (tertiary/aromatic N) is 2. The van der Waals surface area contributed by atoms with Crippen molar-refractivity contribution in [1.82, 2.24) is 15.5 Å². The van der Waals surface area contributed by atoms with Gasteiger partial charge in [0.2, 0.25) is 0 Å². The Morgan fingerprint density at radius 3 is 2.65 bits per heavy atom. The lowest BCUT2D eigenvalue weighted by Crippen LogP contribution is -2.43. The molecule has 0 spiro atoms. The fraction of sp³-hybridized carbons (Fsp3) is 0.500. The van der Waals surface area contributed by atoms with Gasteiger partial charge in [0.05, 0.1) is 16.1 Å². The SMILES string of the molecule is CC(C)(C)NC(=O)Nc1ccc(Cl)c(-c2nc(C3(N)CCCC3)no2)c1. The van der Waals surface area contributed by atoms with Gasteiger partial charge in [-0.1, -0.05) is 29.6 Å². The van der Waals surface area contributed by atoms with Gasteiger partial charge in [-0.15, -0.1) is 0 Å². The standard InChI is InChI=1S/C18H24ClN5O2/c1-17(2,3)23-16(25)21-11-6-7-13(19)12(10-11)14-22-15(24-26-14)18(20)8-4-5-9-18/h6-7,10H,4-5,8-9,20H2,1-3H3,(H2,21,23,25). The van der Waals surface area contributed by atoms with E-state index in [-0.39, 0.29) is 11.6 Å². The van der Waals surface area contributed by atoms with Gasteiger partial charge >= 0.3 is 6.03 Å². The van der Waals surface area contributed by atoms with Crippen LogP contribution in [0.25, 0.3) is 11.5 Å². The molecule has 1 fully saturated rings. The second-order valence-corrected chi connectivity index (χ2v) is 8.22. The molecule has 26 heavy (non-hydrogen) atoms. The molecule has 0 radical (unpaired) electrons. The van der Waals surface area contributed by atoms with Crippen LogP contribution in [0.15, 0.2) is 22.7 Å². The van der Waals surface area contributed by atoms with Crippen LogP contribution < -0.4 is 16.4 Å². The van der Waals surface area contributed by atoms with Crippen molar-refractivity contribution in [3.05, 3.63) is 29.0 Å². The van der Waals surface area contributed by atoms with Crippen molar-refractivity contribution in [2.45, 2.75) is 57.5 Å². The van der Waals surface area contributed by atoms with Crippen LogP contribution in [0.4, 0.5) is 10.5 Å². The number of carbonyl (C=O) groups excluding carboxylic acids is 1. The lowest BCUT2D eigenvalue weighted by Gasteiger charge is -2.20. The van der Waals surface area contributed by atoms with Gasteiger partial charge in [0.15, 0.2) is 5.82 Å². The van der Waals surface area contributed by atoms with E-state index in [0.29, 0.717) is 28.0 Å². The van der Waals surface area contributed by atoms with E-state index in [1.165, 1.54) is 0 Å². The number of amides is 2. The number of rotatable bonds is 3. The molecular weight excluding hydrogens is 354 g/mol. The Kier molecular flexibility index (Phi) is 4.94. The first-order valence-electron chi connectivity index (χ1n) is 8.68. The van der Waals surface area contributed by atoms with Gasteiger partial charge in [0, 0.05) is 11.2 Å². The summed E-state index contributed by atoms with van der Waals surface area (Å²) in [6, 6.07) is 4.80. The van der Waals surface area contributed by atoms with Crippen molar-refractivity contribution in [1.29, 1.82) is 0 Å². The number of anilines is 1. The average Bonchev–Trinajstić information content (AvgIpc) is 3.17. The minimum absolute atomic E-state index is 0.293. The first kappa shape index (κ1) is 18.7. The summed E-state index contributed by atoms with van der Waals surface area (Å²) >= 11 is 6.29. The molecule has 1 saturated carbocycles. The van der Waals surface area contributed by atoms with Crippen molar-refractivity contribution < 1.29 is 9.32 Å². The van der Waals surface area contributed by atoms with Crippen LogP contribution in [0.1, 0.15) is 52.3 Å². The normalized spacial score (nSPS) is 16.5. The monoisotopic (exact) mass is 377 g/mol. The van der Waals surface area contributed by atoms with Crippen LogP contribution in [0.3, 0.4) is 0 Å². The van der Waals surface area contributed by atoms with Gasteiger partial charge in [-0.25, -0.2) is 4.79 Å². The fourth-order valence-electron chi connectivity index (χ4n) is 3.03. The maximum absolute atomic E-state index is 12.1. The summed E-state index contributed by atoms with van der Waals surface area (Å²) < 4.78 is 5.40. The second-order valence-electron chi connectivity index (χ2n) is 7.81. The molecule has 0 bridgehead atoms. The summed E-state index contributed by atoms with van der Waals surface area (Å²) in [5, 5.41) is 10.1.